The van der Waals surface area contributed by atoms with Crippen LogP contribution in [0.5, 0.6) is 0 Å². The number of hydrogen-bond donors (Lipinski definition) is 2. The first kappa shape index (κ1) is 14.1. The number of nitrogens with zero attached hydrogens (tertiary/aromatic N) is 1. The predicted molar refractivity (Wildman–Crippen MR) is 61.8 cm³/mol. The van der Waals surface area contributed by atoms with Gasteiger partial charge in [0.15, 0.2) is 0 Å². The normalized spacial score (nSPS) is 10.0. The van der Waals surface area contributed by atoms with Crippen molar-refractivity contribution in [3.05, 3.63) is 27.1 Å². The van der Waals surface area contributed by atoms with Crippen molar-refractivity contribution in [1.29, 1.82) is 0 Å². The first-order valence-electron chi connectivity index (χ1n) is 4.82. The van der Waals surface area contributed by atoms with Gasteiger partial charge in [-0.25, -0.2) is 4.79 Å². The SMILES string of the molecule is O=C(O)COCCNC(=O)c1ccc([N+](=O)[O-])s1. The van der Waals surface area contributed by atoms with Crippen LogP contribution < -0.4 is 5.32 Å². The number of ether oxygens (including phenoxy) is 1. The maximum atomic E-state index is 11.5. The molecule has 0 aromatic carbocycles. The minimum absolute atomic E-state index is 0.0610. The molecule has 0 atom stereocenters. The summed E-state index contributed by atoms with van der Waals surface area (Å²) >= 11 is 0.772. The Hall–Kier alpha value is -2.00. The van der Waals surface area contributed by atoms with Crippen LogP contribution in [0.25, 0.3) is 0 Å². The zero-order chi connectivity index (χ0) is 13.5. The number of hydrogen-bond acceptors (Lipinski definition) is 6. The van der Waals surface area contributed by atoms with E-state index in [-0.39, 0.29) is 23.0 Å². The minimum atomic E-state index is -1.09. The maximum Gasteiger partial charge on any atom is 0.329 e. The summed E-state index contributed by atoms with van der Waals surface area (Å²) in [4.78, 5) is 31.7. The Morgan fingerprint density at radius 1 is 1.50 bits per heavy atom. The highest BCUT2D eigenvalue weighted by Gasteiger charge is 2.14. The van der Waals surface area contributed by atoms with Crippen molar-refractivity contribution in [1.82, 2.24) is 5.32 Å². The van der Waals surface area contributed by atoms with E-state index in [9.17, 15) is 19.7 Å². The van der Waals surface area contributed by atoms with Gasteiger partial charge in [0.05, 0.1) is 16.4 Å². The molecule has 1 heterocycles. The highest BCUT2D eigenvalue weighted by Crippen LogP contribution is 2.23. The van der Waals surface area contributed by atoms with Gasteiger partial charge in [-0.2, -0.15) is 0 Å². The number of nitro groups is 1. The van der Waals surface area contributed by atoms with Crippen LogP contribution in [0, 0.1) is 10.1 Å². The van der Waals surface area contributed by atoms with Crippen molar-refractivity contribution < 1.29 is 24.4 Å². The molecule has 1 rings (SSSR count). The van der Waals surface area contributed by atoms with Gasteiger partial charge in [0, 0.05) is 12.6 Å². The Kier molecular flexibility index (Phi) is 5.21. The van der Waals surface area contributed by atoms with E-state index >= 15 is 0 Å². The molecule has 0 fully saturated rings. The second-order valence-electron chi connectivity index (χ2n) is 3.10. The summed E-state index contributed by atoms with van der Waals surface area (Å²) in [6.07, 6.45) is 0. The molecule has 0 spiro atoms. The third-order valence-electron chi connectivity index (χ3n) is 1.75. The summed E-state index contributed by atoms with van der Waals surface area (Å²) in [5.74, 6) is -1.54. The lowest BCUT2D eigenvalue weighted by Gasteiger charge is -2.03. The van der Waals surface area contributed by atoms with Crippen LogP contribution in [0.15, 0.2) is 12.1 Å². The molecule has 0 radical (unpaired) electrons. The molecule has 1 aromatic rings. The smallest absolute Gasteiger partial charge is 0.329 e. The highest BCUT2D eigenvalue weighted by atomic mass is 32.1. The molecule has 0 unspecified atom stereocenters. The molecular weight excluding hydrogens is 264 g/mol. The third-order valence-corrected chi connectivity index (χ3v) is 2.79. The average Bonchev–Trinajstić information content (AvgIpc) is 2.77. The van der Waals surface area contributed by atoms with Gasteiger partial charge in [-0.15, -0.1) is 0 Å². The van der Waals surface area contributed by atoms with Gasteiger partial charge < -0.3 is 15.2 Å². The average molecular weight is 274 g/mol. The van der Waals surface area contributed by atoms with E-state index in [2.05, 4.69) is 5.32 Å². The molecule has 98 valence electrons. The zero-order valence-electron chi connectivity index (χ0n) is 9.12. The molecule has 9 heteroatoms. The van der Waals surface area contributed by atoms with E-state index in [0.717, 1.165) is 11.3 Å². The number of thiophene rings is 1. The molecule has 2 N–H and O–H groups in total. The topological polar surface area (TPSA) is 119 Å². The highest BCUT2D eigenvalue weighted by molar-refractivity contribution is 7.17. The number of carboxylic acids is 1. The largest absolute Gasteiger partial charge is 0.480 e. The van der Waals surface area contributed by atoms with Gasteiger partial charge in [-0.05, 0) is 6.07 Å². The van der Waals surface area contributed by atoms with Gasteiger partial charge in [-0.1, -0.05) is 11.3 Å². The number of carbonyl (C=O) groups excluding carboxylic acids is 1. The second kappa shape index (κ2) is 6.67. The lowest BCUT2D eigenvalue weighted by molar-refractivity contribution is -0.380. The van der Waals surface area contributed by atoms with Crippen molar-refractivity contribution in [2.75, 3.05) is 19.8 Å². The second-order valence-corrected chi connectivity index (χ2v) is 4.16. The fraction of sp³-hybridized carbons (Fsp3) is 0.333. The number of carboxylic acid groups (broad SMARTS) is 1. The number of rotatable bonds is 7. The number of amides is 1. The van der Waals surface area contributed by atoms with Crippen LogP contribution in [0.3, 0.4) is 0 Å². The van der Waals surface area contributed by atoms with Crippen molar-refractivity contribution in [2.45, 2.75) is 0 Å². The van der Waals surface area contributed by atoms with Crippen molar-refractivity contribution >= 4 is 28.2 Å². The van der Waals surface area contributed by atoms with Crippen molar-refractivity contribution in [3.8, 4) is 0 Å². The predicted octanol–water partition coefficient (Wildman–Crippen LogP) is 0.487. The quantitative estimate of drug-likeness (QED) is 0.424. The van der Waals surface area contributed by atoms with Crippen LogP contribution in [-0.2, 0) is 9.53 Å². The summed E-state index contributed by atoms with van der Waals surface area (Å²) in [7, 11) is 0. The lowest BCUT2D eigenvalue weighted by atomic mass is 10.4. The summed E-state index contributed by atoms with van der Waals surface area (Å²) in [6, 6.07) is 2.61. The molecule has 1 amide bonds. The Balaban J connectivity index is 2.32. The molecule has 0 aliphatic heterocycles. The van der Waals surface area contributed by atoms with Crippen molar-refractivity contribution in [3.63, 3.8) is 0 Å². The van der Waals surface area contributed by atoms with Crippen LogP contribution in [0.2, 0.25) is 0 Å². The summed E-state index contributed by atoms with van der Waals surface area (Å²) in [5, 5.41) is 21.0. The fourth-order valence-corrected chi connectivity index (χ4v) is 1.77. The molecule has 0 aliphatic carbocycles. The lowest BCUT2D eigenvalue weighted by Crippen LogP contribution is -2.27. The Morgan fingerprint density at radius 3 is 2.78 bits per heavy atom. The molecule has 1 aromatic heterocycles. The molecule has 0 saturated carbocycles. The molecule has 0 bridgehead atoms. The summed E-state index contributed by atoms with van der Waals surface area (Å²) in [6.45, 7) is -0.232. The van der Waals surface area contributed by atoms with Gasteiger partial charge in [0.25, 0.3) is 5.91 Å². The molecule has 8 nitrogen and oxygen atoms in total. The standard InChI is InChI=1S/C9H10N2O6S/c12-8(13)5-17-4-3-10-9(14)6-1-2-7(18-6)11(15)16/h1-2H,3-5H2,(H,10,14)(H,12,13). The summed E-state index contributed by atoms with van der Waals surface area (Å²) < 4.78 is 4.71. The van der Waals surface area contributed by atoms with E-state index in [1.807, 2.05) is 0 Å². The number of nitrogens with one attached hydrogen (secondary N) is 1. The van der Waals surface area contributed by atoms with E-state index < -0.39 is 23.4 Å². The number of aliphatic carboxylic acids is 1. The number of carbonyl (C=O) groups is 2. The molecular formula is C9H10N2O6S. The minimum Gasteiger partial charge on any atom is -0.480 e. The first-order chi connectivity index (χ1) is 8.50. The Bertz CT molecular complexity index is 458. The Morgan fingerprint density at radius 2 is 2.22 bits per heavy atom. The molecule has 0 aliphatic rings. The van der Waals surface area contributed by atoms with Gasteiger partial charge in [-0.3, -0.25) is 14.9 Å². The van der Waals surface area contributed by atoms with E-state index in [4.69, 9.17) is 9.84 Å². The fourth-order valence-electron chi connectivity index (χ4n) is 1.03. The Labute approximate surface area is 105 Å². The van der Waals surface area contributed by atoms with Crippen LogP contribution >= 0.6 is 11.3 Å². The van der Waals surface area contributed by atoms with Crippen LogP contribution in [0.1, 0.15) is 9.67 Å². The third kappa shape index (κ3) is 4.47. The van der Waals surface area contributed by atoms with E-state index in [1.165, 1.54) is 12.1 Å². The van der Waals surface area contributed by atoms with E-state index in [0.29, 0.717) is 0 Å². The van der Waals surface area contributed by atoms with E-state index in [1.54, 1.807) is 0 Å². The van der Waals surface area contributed by atoms with Gasteiger partial charge >= 0.3 is 11.0 Å². The van der Waals surface area contributed by atoms with Gasteiger partial charge in [0.2, 0.25) is 0 Å². The van der Waals surface area contributed by atoms with Gasteiger partial charge in [0.1, 0.15) is 6.61 Å². The van der Waals surface area contributed by atoms with Crippen LogP contribution in [0.4, 0.5) is 5.00 Å². The maximum absolute atomic E-state index is 11.5. The zero-order valence-corrected chi connectivity index (χ0v) is 9.94. The molecule has 0 saturated heterocycles. The monoisotopic (exact) mass is 274 g/mol. The molecule has 18 heavy (non-hydrogen) atoms. The first-order valence-corrected chi connectivity index (χ1v) is 5.64. The van der Waals surface area contributed by atoms with Crippen molar-refractivity contribution in [2.24, 2.45) is 0 Å². The summed E-state index contributed by atoms with van der Waals surface area (Å²) in [5.41, 5.74) is 0. The van der Waals surface area contributed by atoms with Crippen LogP contribution in [-0.4, -0.2) is 41.7 Å².